The second-order valence-electron chi connectivity index (χ2n) is 9.29. The summed E-state index contributed by atoms with van der Waals surface area (Å²) >= 11 is 0. The van der Waals surface area contributed by atoms with E-state index in [1.165, 1.54) is 4.90 Å². The van der Waals surface area contributed by atoms with Crippen molar-refractivity contribution in [2.45, 2.75) is 52.1 Å². The molecule has 2 saturated heterocycles. The predicted octanol–water partition coefficient (Wildman–Crippen LogP) is 2.09. The average Bonchev–Trinajstić information content (AvgIpc) is 3.27. The minimum absolute atomic E-state index is 0.0189. The lowest BCUT2D eigenvalue weighted by Crippen LogP contribution is -2.46. The van der Waals surface area contributed by atoms with Crippen molar-refractivity contribution in [3.8, 4) is 5.88 Å². The van der Waals surface area contributed by atoms with E-state index < -0.39 is 6.09 Å². The van der Waals surface area contributed by atoms with Gasteiger partial charge in [0.2, 0.25) is 17.7 Å². The first kappa shape index (κ1) is 22.8. The van der Waals surface area contributed by atoms with Crippen LogP contribution >= 0.6 is 0 Å². The van der Waals surface area contributed by atoms with Crippen LogP contribution < -0.4 is 9.57 Å². The van der Waals surface area contributed by atoms with Gasteiger partial charge in [-0.2, -0.15) is 4.73 Å². The molecule has 0 atom stereocenters. The van der Waals surface area contributed by atoms with Crippen LogP contribution in [0.4, 0.5) is 4.79 Å². The molecule has 0 aromatic carbocycles. The maximum Gasteiger partial charge on any atom is 0.416 e. The Bertz CT molecular complexity index is 961. The second kappa shape index (κ2) is 9.60. The van der Waals surface area contributed by atoms with Gasteiger partial charge in [-0.05, 0) is 17.4 Å². The van der Waals surface area contributed by atoms with E-state index in [-0.39, 0.29) is 29.2 Å². The number of aromatic nitrogens is 3. The van der Waals surface area contributed by atoms with Gasteiger partial charge in [0.05, 0.1) is 6.20 Å². The Morgan fingerprint density at radius 3 is 2.48 bits per heavy atom. The second-order valence-corrected chi connectivity index (χ2v) is 9.29. The van der Waals surface area contributed by atoms with E-state index in [0.717, 1.165) is 5.56 Å². The van der Waals surface area contributed by atoms with E-state index in [1.807, 2.05) is 13.8 Å². The SMILES string of the molecule is CC1(C)CC(=O)N(CCc2ccc(OC(=O)N3CCC(On4ccnc4)CC3)nc2)C(=O)C1. The van der Waals surface area contributed by atoms with Crippen molar-refractivity contribution in [2.75, 3.05) is 19.6 Å². The molecule has 0 unspecified atom stereocenters. The van der Waals surface area contributed by atoms with Crippen LogP contribution in [-0.2, 0) is 16.0 Å². The van der Waals surface area contributed by atoms with Crippen molar-refractivity contribution < 1.29 is 24.0 Å². The normalized spacial score (nSPS) is 19.0. The molecule has 176 valence electrons. The number of nitrogens with zero attached hydrogens (tertiary/aromatic N) is 5. The lowest BCUT2D eigenvalue weighted by molar-refractivity contribution is -0.152. The number of imide groups is 1. The monoisotopic (exact) mass is 455 g/mol. The molecule has 0 aliphatic carbocycles. The molecule has 10 nitrogen and oxygen atoms in total. The van der Waals surface area contributed by atoms with Gasteiger partial charge in [-0.1, -0.05) is 19.9 Å². The molecule has 0 spiro atoms. The number of carbonyl (C=O) groups is 3. The van der Waals surface area contributed by atoms with Crippen molar-refractivity contribution in [1.82, 2.24) is 24.5 Å². The number of hydrogen-bond acceptors (Lipinski definition) is 7. The van der Waals surface area contributed by atoms with Crippen LogP contribution in [0, 0.1) is 5.41 Å². The van der Waals surface area contributed by atoms with Crippen molar-refractivity contribution >= 4 is 17.9 Å². The Kier molecular flexibility index (Phi) is 6.62. The van der Waals surface area contributed by atoms with Gasteiger partial charge in [0, 0.05) is 63.8 Å². The zero-order valence-electron chi connectivity index (χ0n) is 19.0. The maximum atomic E-state index is 12.5. The third kappa shape index (κ3) is 5.88. The highest BCUT2D eigenvalue weighted by Gasteiger charge is 2.37. The largest absolute Gasteiger partial charge is 0.416 e. The first-order chi connectivity index (χ1) is 15.8. The summed E-state index contributed by atoms with van der Waals surface area (Å²) in [4.78, 5) is 53.9. The molecule has 4 rings (SSSR count). The Morgan fingerprint density at radius 2 is 1.88 bits per heavy atom. The number of piperidine rings is 2. The molecule has 2 aliphatic rings. The lowest BCUT2D eigenvalue weighted by Gasteiger charge is -2.34. The van der Waals surface area contributed by atoms with Gasteiger partial charge in [0.25, 0.3) is 0 Å². The van der Waals surface area contributed by atoms with E-state index in [4.69, 9.17) is 9.57 Å². The minimum Gasteiger partial charge on any atom is -0.410 e. The molecule has 33 heavy (non-hydrogen) atoms. The highest BCUT2D eigenvalue weighted by molar-refractivity contribution is 5.98. The summed E-state index contributed by atoms with van der Waals surface area (Å²) in [6.45, 7) is 5.25. The molecule has 2 aliphatic heterocycles. The Morgan fingerprint density at radius 1 is 1.15 bits per heavy atom. The zero-order valence-corrected chi connectivity index (χ0v) is 19.0. The van der Waals surface area contributed by atoms with Gasteiger partial charge in [0.1, 0.15) is 12.4 Å². The first-order valence-electron chi connectivity index (χ1n) is 11.2. The quantitative estimate of drug-likeness (QED) is 0.614. The fraction of sp³-hybridized carbons (Fsp3) is 0.522. The first-order valence-corrected chi connectivity index (χ1v) is 11.2. The smallest absolute Gasteiger partial charge is 0.410 e. The van der Waals surface area contributed by atoms with Crippen molar-refractivity contribution in [2.24, 2.45) is 5.41 Å². The van der Waals surface area contributed by atoms with Crippen LogP contribution in [-0.4, -0.2) is 68.1 Å². The van der Waals surface area contributed by atoms with Crippen LogP contribution in [0.3, 0.4) is 0 Å². The van der Waals surface area contributed by atoms with Crippen LogP contribution in [0.5, 0.6) is 5.88 Å². The van der Waals surface area contributed by atoms with E-state index in [0.29, 0.717) is 51.7 Å². The fourth-order valence-electron chi connectivity index (χ4n) is 4.10. The molecule has 0 saturated carbocycles. The van der Waals surface area contributed by atoms with Gasteiger partial charge in [-0.3, -0.25) is 14.5 Å². The molecule has 0 bridgehead atoms. The topological polar surface area (TPSA) is 107 Å². The highest BCUT2D eigenvalue weighted by Crippen LogP contribution is 2.31. The molecule has 2 aromatic heterocycles. The Labute approximate surface area is 192 Å². The van der Waals surface area contributed by atoms with Gasteiger partial charge in [-0.15, -0.1) is 0 Å². The number of amides is 3. The Balaban J connectivity index is 1.22. The lowest BCUT2D eigenvalue weighted by atomic mass is 9.81. The molecule has 0 N–H and O–H groups in total. The maximum absolute atomic E-state index is 12.5. The number of imidazole rings is 1. The van der Waals surface area contributed by atoms with E-state index in [1.54, 1.807) is 46.7 Å². The number of hydrogen-bond donors (Lipinski definition) is 0. The van der Waals surface area contributed by atoms with Crippen LogP contribution in [0.1, 0.15) is 45.1 Å². The molecule has 2 fully saturated rings. The summed E-state index contributed by atoms with van der Waals surface area (Å²) in [7, 11) is 0. The number of carbonyl (C=O) groups excluding carboxylic acids is 3. The molecule has 4 heterocycles. The summed E-state index contributed by atoms with van der Waals surface area (Å²) in [5, 5.41) is 0. The summed E-state index contributed by atoms with van der Waals surface area (Å²) in [6, 6.07) is 3.43. The van der Waals surface area contributed by atoms with Crippen molar-refractivity contribution in [1.29, 1.82) is 0 Å². The van der Waals surface area contributed by atoms with Gasteiger partial charge in [0.15, 0.2) is 0 Å². The van der Waals surface area contributed by atoms with Gasteiger partial charge >= 0.3 is 6.09 Å². The standard InChI is InChI=1S/C23H29N5O5/c1-23(2)13-20(29)28(21(30)14-23)11-5-17-3-4-19(25-15-17)32-22(31)26-9-6-18(7-10-26)33-27-12-8-24-16-27/h3-4,8,12,15-16,18H,5-7,9-11,13-14H2,1-2H3. The number of pyridine rings is 1. The third-order valence-corrected chi connectivity index (χ3v) is 5.93. The van der Waals surface area contributed by atoms with Crippen LogP contribution in [0.2, 0.25) is 0 Å². The summed E-state index contributed by atoms with van der Waals surface area (Å²) in [5.41, 5.74) is 0.581. The van der Waals surface area contributed by atoms with Gasteiger partial charge < -0.3 is 14.5 Å². The predicted molar refractivity (Wildman–Crippen MR) is 117 cm³/mol. The number of rotatable bonds is 6. The summed E-state index contributed by atoms with van der Waals surface area (Å²) in [5.74, 6) is -0.0460. The van der Waals surface area contributed by atoms with Gasteiger partial charge in [-0.25, -0.2) is 14.8 Å². The molecule has 3 amide bonds. The molecular weight excluding hydrogens is 426 g/mol. The van der Waals surface area contributed by atoms with E-state index >= 15 is 0 Å². The molecular formula is C23H29N5O5. The minimum atomic E-state index is -0.441. The van der Waals surface area contributed by atoms with Crippen LogP contribution in [0.25, 0.3) is 0 Å². The average molecular weight is 456 g/mol. The molecule has 2 aromatic rings. The van der Waals surface area contributed by atoms with Crippen LogP contribution in [0.15, 0.2) is 37.1 Å². The summed E-state index contributed by atoms with van der Waals surface area (Å²) < 4.78 is 6.97. The number of ether oxygens (including phenoxy) is 1. The summed E-state index contributed by atoms with van der Waals surface area (Å²) in [6.07, 6.45) is 8.82. The van der Waals surface area contributed by atoms with E-state index in [9.17, 15) is 14.4 Å². The van der Waals surface area contributed by atoms with Crippen molar-refractivity contribution in [3.05, 3.63) is 42.6 Å². The zero-order chi connectivity index (χ0) is 23.4. The van der Waals surface area contributed by atoms with E-state index in [2.05, 4.69) is 9.97 Å². The molecule has 10 heteroatoms. The number of likely N-dealkylation sites (tertiary alicyclic amines) is 2. The fourth-order valence-corrected chi connectivity index (χ4v) is 4.10. The van der Waals surface area contributed by atoms with Crippen molar-refractivity contribution in [3.63, 3.8) is 0 Å². The third-order valence-electron chi connectivity index (χ3n) is 5.93. The highest BCUT2D eigenvalue weighted by atomic mass is 16.7. The molecule has 0 radical (unpaired) electrons. The Hall–Kier alpha value is -3.43.